The Hall–Kier alpha value is -3.26. The van der Waals surface area contributed by atoms with E-state index < -0.39 is 17.8 Å². The van der Waals surface area contributed by atoms with Crippen LogP contribution in [0.2, 0.25) is 0 Å². The number of thiazole rings is 1. The van der Waals surface area contributed by atoms with Gasteiger partial charge in [-0.25, -0.2) is 9.78 Å². The van der Waals surface area contributed by atoms with E-state index in [0.717, 1.165) is 0 Å². The number of imide groups is 1. The molecule has 7 nitrogen and oxygen atoms in total. The maximum absolute atomic E-state index is 12.2. The second-order valence-corrected chi connectivity index (χ2v) is 5.70. The first-order chi connectivity index (χ1) is 11.6. The van der Waals surface area contributed by atoms with Crippen LogP contribution >= 0.6 is 11.3 Å². The number of benzene rings is 1. The monoisotopic (exact) mass is 340 g/mol. The van der Waals surface area contributed by atoms with Gasteiger partial charge in [0.1, 0.15) is 0 Å². The van der Waals surface area contributed by atoms with Crippen LogP contribution in [0.5, 0.6) is 0 Å². The van der Waals surface area contributed by atoms with Crippen molar-refractivity contribution in [3.05, 3.63) is 64.9 Å². The maximum Gasteiger partial charge on any atom is 0.383 e. The van der Waals surface area contributed by atoms with Crippen molar-refractivity contribution in [1.82, 2.24) is 10.0 Å². The molecule has 0 radical (unpaired) electrons. The fourth-order valence-corrected chi connectivity index (χ4v) is 3.02. The fourth-order valence-electron chi connectivity index (χ4n) is 2.26. The van der Waals surface area contributed by atoms with Gasteiger partial charge in [-0.2, -0.15) is 0 Å². The highest BCUT2D eigenvalue weighted by Crippen LogP contribution is 2.26. The van der Waals surface area contributed by atoms with Gasteiger partial charge in [-0.1, -0.05) is 17.2 Å². The zero-order valence-electron chi connectivity index (χ0n) is 12.0. The van der Waals surface area contributed by atoms with Gasteiger partial charge in [0.25, 0.3) is 11.8 Å². The van der Waals surface area contributed by atoms with Gasteiger partial charge in [-0.15, -0.1) is 11.3 Å². The van der Waals surface area contributed by atoms with Crippen LogP contribution in [0.1, 0.15) is 31.2 Å². The normalized spacial score (nSPS) is 13.2. The molecule has 0 saturated carbocycles. The van der Waals surface area contributed by atoms with Gasteiger partial charge in [0.2, 0.25) is 0 Å². The first-order valence-electron chi connectivity index (χ1n) is 6.84. The van der Waals surface area contributed by atoms with Gasteiger partial charge in [0.05, 0.1) is 17.4 Å². The van der Waals surface area contributed by atoms with Crippen molar-refractivity contribution in [3.63, 3.8) is 0 Å². The molecule has 3 aromatic rings. The third-order valence-electron chi connectivity index (χ3n) is 3.38. The number of amides is 2. The van der Waals surface area contributed by atoms with Crippen LogP contribution in [0, 0.1) is 0 Å². The van der Waals surface area contributed by atoms with Crippen molar-refractivity contribution >= 4 is 29.1 Å². The van der Waals surface area contributed by atoms with Crippen molar-refractivity contribution < 1.29 is 23.6 Å². The van der Waals surface area contributed by atoms with E-state index in [4.69, 9.17) is 9.25 Å². The van der Waals surface area contributed by atoms with E-state index in [9.17, 15) is 14.4 Å². The van der Waals surface area contributed by atoms with Crippen LogP contribution < -0.4 is 0 Å². The van der Waals surface area contributed by atoms with Crippen molar-refractivity contribution in [2.45, 2.75) is 0 Å². The molecule has 0 aliphatic carbocycles. The Morgan fingerprint density at radius 3 is 2.42 bits per heavy atom. The first kappa shape index (κ1) is 14.3. The summed E-state index contributed by atoms with van der Waals surface area (Å²) in [6, 6.07) is 9.67. The lowest BCUT2D eigenvalue weighted by Crippen LogP contribution is -2.32. The number of aromatic nitrogens is 1. The SMILES string of the molecule is O=C(ON1C(=O)c2ccccc2C1=O)c1csc(-c2ccco2)n1. The molecule has 24 heavy (non-hydrogen) atoms. The third kappa shape index (κ3) is 2.20. The number of hydrogen-bond donors (Lipinski definition) is 0. The molecule has 4 rings (SSSR count). The highest BCUT2D eigenvalue weighted by molar-refractivity contribution is 7.13. The Labute approximate surface area is 139 Å². The summed E-state index contributed by atoms with van der Waals surface area (Å²) in [5.74, 6) is -1.73. The van der Waals surface area contributed by atoms with Crippen LogP contribution in [0.4, 0.5) is 0 Å². The fraction of sp³-hybridized carbons (Fsp3) is 0. The molecule has 0 spiro atoms. The lowest BCUT2D eigenvalue weighted by Gasteiger charge is -2.11. The summed E-state index contributed by atoms with van der Waals surface area (Å²) in [7, 11) is 0. The molecule has 0 atom stereocenters. The smallest absolute Gasteiger partial charge is 0.383 e. The number of hydroxylamine groups is 2. The van der Waals surface area contributed by atoms with Crippen LogP contribution in [0.3, 0.4) is 0 Å². The van der Waals surface area contributed by atoms with E-state index in [2.05, 4.69) is 4.98 Å². The van der Waals surface area contributed by atoms with Crippen LogP contribution in [-0.2, 0) is 4.84 Å². The summed E-state index contributed by atoms with van der Waals surface area (Å²) in [6.45, 7) is 0. The molecule has 8 heteroatoms. The molecule has 0 bridgehead atoms. The topological polar surface area (TPSA) is 89.7 Å². The number of rotatable bonds is 3. The molecule has 3 heterocycles. The van der Waals surface area contributed by atoms with E-state index in [0.29, 0.717) is 15.8 Å². The first-order valence-corrected chi connectivity index (χ1v) is 7.72. The van der Waals surface area contributed by atoms with Gasteiger partial charge in [0.15, 0.2) is 16.5 Å². The van der Waals surface area contributed by atoms with E-state index in [1.807, 2.05) is 0 Å². The number of furan rings is 1. The molecule has 0 unspecified atom stereocenters. The number of carbonyl (C=O) groups is 3. The van der Waals surface area contributed by atoms with E-state index in [-0.39, 0.29) is 16.8 Å². The number of hydrogen-bond acceptors (Lipinski definition) is 7. The molecular weight excluding hydrogens is 332 g/mol. The minimum absolute atomic E-state index is 0.0112. The number of carbonyl (C=O) groups excluding carboxylic acids is 3. The highest BCUT2D eigenvalue weighted by atomic mass is 32.1. The lowest BCUT2D eigenvalue weighted by molar-refractivity contribution is -0.0587. The molecule has 1 aliphatic rings. The van der Waals surface area contributed by atoms with E-state index >= 15 is 0 Å². The summed E-state index contributed by atoms with van der Waals surface area (Å²) >= 11 is 1.19. The van der Waals surface area contributed by atoms with Gasteiger partial charge in [-0.05, 0) is 24.3 Å². The Balaban J connectivity index is 1.55. The molecule has 0 saturated heterocycles. The van der Waals surface area contributed by atoms with Crippen LogP contribution in [0.15, 0.2) is 52.5 Å². The number of nitrogens with zero attached hydrogens (tertiary/aromatic N) is 2. The third-order valence-corrected chi connectivity index (χ3v) is 4.23. The summed E-state index contributed by atoms with van der Waals surface area (Å²) in [4.78, 5) is 45.5. The summed E-state index contributed by atoms with van der Waals surface area (Å²) in [6.07, 6.45) is 1.49. The van der Waals surface area contributed by atoms with Gasteiger partial charge >= 0.3 is 5.97 Å². The second kappa shape index (κ2) is 5.43. The minimum atomic E-state index is -0.890. The summed E-state index contributed by atoms with van der Waals surface area (Å²) < 4.78 is 5.20. The predicted molar refractivity (Wildman–Crippen MR) is 82.2 cm³/mol. The Bertz CT molecular complexity index is 926. The molecule has 0 fully saturated rings. The van der Waals surface area contributed by atoms with Crippen LogP contribution in [0.25, 0.3) is 10.8 Å². The highest BCUT2D eigenvalue weighted by Gasteiger charge is 2.39. The summed E-state index contributed by atoms with van der Waals surface area (Å²) in [5.41, 5.74) is 0.387. The molecule has 1 aliphatic heterocycles. The average Bonchev–Trinajstić information content (AvgIpc) is 3.32. The largest absolute Gasteiger partial charge is 0.462 e. The van der Waals surface area contributed by atoms with Crippen molar-refractivity contribution in [1.29, 1.82) is 0 Å². The molecule has 1 aromatic carbocycles. The average molecular weight is 340 g/mol. The van der Waals surface area contributed by atoms with Gasteiger partial charge < -0.3 is 9.25 Å². The minimum Gasteiger partial charge on any atom is -0.462 e. The standard InChI is InChI=1S/C16H8N2O5S/c19-14-9-4-1-2-5-10(9)15(20)18(14)23-16(21)11-8-24-13(17-11)12-6-3-7-22-12/h1-8H. The van der Waals surface area contributed by atoms with Crippen molar-refractivity contribution in [2.75, 3.05) is 0 Å². The number of fused-ring (bicyclic) bond motifs is 1. The molecule has 0 N–H and O–H groups in total. The van der Waals surface area contributed by atoms with E-state index in [1.54, 1.807) is 24.3 Å². The summed E-state index contributed by atoms with van der Waals surface area (Å²) in [5, 5.41) is 2.42. The molecule has 118 valence electrons. The predicted octanol–water partition coefficient (Wildman–Crippen LogP) is 2.77. The van der Waals surface area contributed by atoms with Crippen LogP contribution in [-0.4, -0.2) is 27.8 Å². The Kier molecular flexibility index (Phi) is 3.24. The van der Waals surface area contributed by atoms with Crippen molar-refractivity contribution in [3.8, 4) is 10.8 Å². The zero-order valence-corrected chi connectivity index (χ0v) is 12.8. The maximum atomic E-state index is 12.2. The molecular formula is C16H8N2O5S. The van der Waals surface area contributed by atoms with Crippen molar-refractivity contribution in [2.24, 2.45) is 0 Å². The molecule has 2 aromatic heterocycles. The lowest BCUT2D eigenvalue weighted by atomic mass is 10.1. The second-order valence-electron chi connectivity index (χ2n) is 4.84. The van der Waals surface area contributed by atoms with E-state index in [1.165, 1.54) is 35.1 Å². The zero-order chi connectivity index (χ0) is 16.7. The molecule has 2 amide bonds. The Morgan fingerprint density at radius 2 is 1.79 bits per heavy atom. The Morgan fingerprint density at radius 1 is 1.08 bits per heavy atom. The van der Waals surface area contributed by atoms with Gasteiger partial charge in [-0.3, -0.25) is 9.59 Å². The quantitative estimate of drug-likeness (QED) is 0.681. The van der Waals surface area contributed by atoms with Gasteiger partial charge in [0, 0.05) is 5.38 Å².